The standard InChI is InChI=1S/C23H25NO4/c25-23(9-7-18-6-8-21-22(14-18)28-17-27-21)24-12-10-20(11-13-24)16-26-15-19-4-2-1-3-5-19/h1-9,14,20H,10-13,15-17H2/b9-7+. The maximum Gasteiger partial charge on any atom is 0.246 e. The molecule has 0 radical (unpaired) electrons. The van der Waals surface area contributed by atoms with Crippen molar-refractivity contribution in [1.29, 1.82) is 0 Å². The van der Waals surface area contributed by atoms with E-state index < -0.39 is 0 Å². The lowest BCUT2D eigenvalue weighted by Crippen LogP contribution is -2.38. The Morgan fingerprint density at radius 2 is 1.86 bits per heavy atom. The highest BCUT2D eigenvalue weighted by molar-refractivity contribution is 5.91. The Bertz CT molecular complexity index is 826. The van der Waals surface area contributed by atoms with Crippen LogP contribution < -0.4 is 9.47 Å². The number of nitrogens with zero attached hydrogens (tertiary/aromatic N) is 1. The number of carbonyl (C=O) groups excluding carboxylic acids is 1. The molecule has 0 spiro atoms. The van der Waals surface area contributed by atoms with Crippen LogP contribution in [0.25, 0.3) is 6.08 Å². The zero-order chi connectivity index (χ0) is 19.2. The maximum atomic E-state index is 12.5. The van der Waals surface area contributed by atoms with Crippen molar-refractivity contribution in [3.8, 4) is 11.5 Å². The molecule has 2 aromatic carbocycles. The van der Waals surface area contributed by atoms with Crippen LogP contribution in [0.4, 0.5) is 0 Å². The quantitative estimate of drug-likeness (QED) is 0.715. The molecule has 2 aliphatic rings. The molecule has 5 nitrogen and oxygen atoms in total. The van der Waals surface area contributed by atoms with Crippen molar-refractivity contribution in [2.24, 2.45) is 5.92 Å². The molecule has 2 aromatic rings. The molecule has 0 saturated carbocycles. The van der Waals surface area contributed by atoms with E-state index in [1.54, 1.807) is 6.08 Å². The minimum atomic E-state index is 0.0568. The molecule has 28 heavy (non-hydrogen) atoms. The van der Waals surface area contributed by atoms with E-state index in [2.05, 4.69) is 12.1 Å². The van der Waals surface area contributed by atoms with Gasteiger partial charge >= 0.3 is 0 Å². The first-order chi connectivity index (χ1) is 13.8. The Hall–Kier alpha value is -2.79. The molecule has 1 fully saturated rings. The summed E-state index contributed by atoms with van der Waals surface area (Å²) < 4.78 is 16.5. The number of fused-ring (bicyclic) bond motifs is 1. The van der Waals surface area contributed by atoms with Crippen LogP contribution in [0, 0.1) is 5.92 Å². The van der Waals surface area contributed by atoms with Crippen LogP contribution in [0.1, 0.15) is 24.0 Å². The Balaban J connectivity index is 1.20. The summed E-state index contributed by atoms with van der Waals surface area (Å²) in [6.45, 7) is 3.22. The number of carbonyl (C=O) groups is 1. The van der Waals surface area contributed by atoms with Gasteiger partial charge in [0.1, 0.15) is 0 Å². The third-order valence-electron chi connectivity index (χ3n) is 5.21. The fraction of sp³-hybridized carbons (Fsp3) is 0.348. The summed E-state index contributed by atoms with van der Waals surface area (Å²) in [5.41, 5.74) is 2.13. The van der Waals surface area contributed by atoms with E-state index in [0.29, 0.717) is 12.5 Å². The average molecular weight is 379 g/mol. The molecule has 0 aliphatic carbocycles. The van der Waals surface area contributed by atoms with Crippen molar-refractivity contribution in [1.82, 2.24) is 4.90 Å². The molecule has 0 N–H and O–H groups in total. The maximum absolute atomic E-state index is 12.5. The largest absolute Gasteiger partial charge is 0.454 e. The van der Waals surface area contributed by atoms with Crippen molar-refractivity contribution >= 4 is 12.0 Å². The normalized spacial score (nSPS) is 16.6. The monoisotopic (exact) mass is 379 g/mol. The summed E-state index contributed by atoms with van der Waals surface area (Å²) >= 11 is 0. The number of piperidine rings is 1. The Morgan fingerprint density at radius 3 is 2.68 bits per heavy atom. The predicted molar refractivity (Wildman–Crippen MR) is 107 cm³/mol. The number of hydrogen-bond acceptors (Lipinski definition) is 4. The van der Waals surface area contributed by atoms with E-state index in [9.17, 15) is 4.79 Å². The minimum absolute atomic E-state index is 0.0568. The van der Waals surface area contributed by atoms with Crippen LogP contribution in [0.2, 0.25) is 0 Å². The Morgan fingerprint density at radius 1 is 1.07 bits per heavy atom. The van der Waals surface area contributed by atoms with Gasteiger partial charge in [-0.05, 0) is 48.1 Å². The summed E-state index contributed by atoms with van der Waals surface area (Å²) in [6, 6.07) is 15.9. The fourth-order valence-corrected chi connectivity index (χ4v) is 3.53. The SMILES string of the molecule is O=C(/C=C/c1ccc2c(c1)OCO2)N1CCC(COCc2ccccc2)CC1. The van der Waals surface area contributed by atoms with Gasteiger partial charge in [0, 0.05) is 25.8 Å². The van der Waals surface area contributed by atoms with Gasteiger partial charge in [0.25, 0.3) is 0 Å². The molecule has 1 saturated heterocycles. The van der Waals surface area contributed by atoms with E-state index in [1.807, 2.05) is 47.4 Å². The van der Waals surface area contributed by atoms with Crippen LogP contribution in [0.3, 0.4) is 0 Å². The number of ether oxygens (including phenoxy) is 3. The smallest absolute Gasteiger partial charge is 0.246 e. The zero-order valence-electron chi connectivity index (χ0n) is 15.9. The Labute approximate surface area is 165 Å². The second-order valence-electron chi connectivity index (χ2n) is 7.22. The molecule has 4 rings (SSSR count). The van der Waals surface area contributed by atoms with Gasteiger partial charge in [0.15, 0.2) is 11.5 Å². The van der Waals surface area contributed by atoms with Gasteiger partial charge in [-0.25, -0.2) is 0 Å². The van der Waals surface area contributed by atoms with Crippen LogP contribution in [0.5, 0.6) is 11.5 Å². The fourth-order valence-electron chi connectivity index (χ4n) is 3.53. The molecule has 146 valence electrons. The van der Waals surface area contributed by atoms with Gasteiger partial charge in [-0.3, -0.25) is 4.79 Å². The number of likely N-dealkylation sites (tertiary alicyclic amines) is 1. The van der Waals surface area contributed by atoms with Crippen LogP contribution >= 0.6 is 0 Å². The highest BCUT2D eigenvalue weighted by Gasteiger charge is 2.21. The molecule has 0 atom stereocenters. The van der Waals surface area contributed by atoms with E-state index in [1.165, 1.54) is 5.56 Å². The van der Waals surface area contributed by atoms with Gasteiger partial charge in [0.05, 0.1) is 6.61 Å². The molecule has 5 heteroatoms. The summed E-state index contributed by atoms with van der Waals surface area (Å²) in [4.78, 5) is 14.4. The Kier molecular flexibility index (Phi) is 5.92. The molecule has 0 bridgehead atoms. The number of amides is 1. The average Bonchev–Trinajstić information content (AvgIpc) is 3.21. The summed E-state index contributed by atoms with van der Waals surface area (Å²) in [5.74, 6) is 2.05. The zero-order valence-corrected chi connectivity index (χ0v) is 15.9. The van der Waals surface area contributed by atoms with Gasteiger partial charge in [-0.1, -0.05) is 36.4 Å². The lowest BCUT2D eigenvalue weighted by Gasteiger charge is -2.31. The van der Waals surface area contributed by atoms with E-state index in [-0.39, 0.29) is 12.7 Å². The van der Waals surface area contributed by atoms with E-state index in [4.69, 9.17) is 14.2 Å². The molecule has 2 aliphatic heterocycles. The molecule has 2 heterocycles. The van der Waals surface area contributed by atoms with Crippen LogP contribution in [-0.2, 0) is 16.1 Å². The summed E-state index contributed by atoms with van der Waals surface area (Å²) in [6.07, 6.45) is 5.44. The van der Waals surface area contributed by atoms with Crippen molar-refractivity contribution < 1.29 is 19.0 Å². The lowest BCUT2D eigenvalue weighted by atomic mass is 9.97. The second-order valence-corrected chi connectivity index (χ2v) is 7.22. The van der Waals surface area contributed by atoms with Crippen molar-refractivity contribution in [2.75, 3.05) is 26.5 Å². The molecular weight excluding hydrogens is 354 g/mol. The summed E-state index contributed by atoms with van der Waals surface area (Å²) in [5, 5.41) is 0. The van der Waals surface area contributed by atoms with Gasteiger partial charge in [-0.2, -0.15) is 0 Å². The molecule has 0 aromatic heterocycles. The third-order valence-corrected chi connectivity index (χ3v) is 5.21. The van der Waals surface area contributed by atoms with E-state index >= 15 is 0 Å². The summed E-state index contributed by atoms with van der Waals surface area (Å²) in [7, 11) is 0. The first kappa shape index (κ1) is 18.6. The van der Waals surface area contributed by atoms with Crippen LogP contribution in [-0.4, -0.2) is 37.3 Å². The minimum Gasteiger partial charge on any atom is -0.454 e. The predicted octanol–water partition coefficient (Wildman–Crippen LogP) is 3.88. The van der Waals surface area contributed by atoms with Crippen molar-refractivity contribution in [2.45, 2.75) is 19.4 Å². The van der Waals surface area contributed by atoms with Crippen LogP contribution in [0.15, 0.2) is 54.6 Å². The first-order valence-electron chi connectivity index (χ1n) is 9.76. The topological polar surface area (TPSA) is 48.0 Å². The number of hydrogen-bond donors (Lipinski definition) is 0. The van der Waals surface area contributed by atoms with E-state index in [0.717, 1.165) is 49.6 Å². The second kappa shape index (κ2) is 8.93. The highest BCUT2D eigenvalue weighted by Crippen LogP contribution is 2.32. The lowest BCUT2D eigenvalue weighted by molar-refractivity contribution is -0.127. The van der Waals surface area contributed by atoms with Gasteiger partial charge in [0.2, 0.25) is 12.7 Å². The van der Waals surface area contributed by atoms with Crippen molar-refractivity contribution in [3.05, 3.63) is 65.7 Å². The first-order valence-corrected chi connectivity index (χ1v) is 9.76. The van der Waals surface area contributed by atoms with Crippen molar-refractivity contribution in [3.63, 3.8) is 0 Å². The number of benzene rings is 2. The third kappa shape index (κ3) is 4.73. The molecule has 0 unspecified atom stereocenters. The number of rotatable bonds is 6. The highest BCUT2D eigenvalue weighted by atomic mass is 16.7. The van der Waals surface area contributed by atoms with Gasteiger partial charge in [-0.15, -0.1) is 0 Å². The molecular formula is C23H25NO4. The molecule has 1 amide bonds. The van der Waals surface area contributed by atoms with Gasteiger partial charge < -0.3 is 19.1 Å².